The summed E-state index contributed by atoms with van der Waals surface area (Å²) < 4.78 is 0. The van der Waals surface area contributed by atoms with E-state index in [0.29, 0.717) is 0 Å². The second-order valence-electron chi connectivity index (χ2n) is 4.31. The number of aliphatic hydroxyl groups is 1. The van der Waals surface area contributed by atoms with E-state index in [0.717, 1.165) is 0 Å². The fourth-order valence-electron chi connectivity index (χ4n) is 0.529. The Morgan fingerprint density at radius 3 is 2.31 bits per heavy atom. The van der Waals surface area contributed by atoms with Crippen LogP contribution in [0.15, 0.2) is 12.7 Å². The van der Waals surface area contributed by atoms with E-state index >= 15 is 0 Å². The van der Waals surface area contributed by atoms with Crippen LogP contribution in [0.2, 0.25) is 19.6 Å². The van der Waals surface area contributed by atoms with Crippen LogP contribution in [-0.2, 0) is 0 Å². The molecule has 0 unspecified atom stereocenters. The molecular formula is C10H17ClOSi. The average Bonchev–Trinajstić information content (AvgIpc) is 1.98. The van der Waals surface area contributed by atoms with Gasteiger partial charge in [-0.15, -0.1) is 23.7 Å². The van der Waals surface area contributed by atoms with E-state index in [4.69, 9.17) is 11.6 Å². The van der Waals surface area contributed by atoms with Gasteiger partial charge in [0.2, 0.25) is 0 Å². The van der Waals surface area contributed by atoms with Gasteiger partial charge in [0.05, 0.1) is 0 Å². The van der Waals surface area contributed by atoms with E-state index in [1.165, 1.54) is 6.08 Å². The van der Waals surface area contributed by atoms with Crippen molar-refractivity contribution in [1.29, 1.82) is 0 Å². The molecule has 0 spiro atoms. The Kier molecular flexibility index (Phi) is 4.24. The van der Waals surface area contributed by atoms with E-state index in [9.17, 15) is 5.11 Å². The summed E-state index contributed by atoms with van der Waals surface area (Å²) in [6.07, 6.45) is 1.42. The van der Waals surface area contributed by atoms with Crippen LogP contribution in [0, 0.1) is 11.5 Å². The first kappa shape index (κ1) is 12.8. The molecular weight excluding hydrogens is 200 g/mol. The normalized spacial score (nSPS) is 18.0. The molecule has 0 bridgehead atoms. The van der Waals surface area contributed by atoms with Crippen molar-refractivity contribution in [2.24, 2.45) is 0 Å². The molecule has 0 saturated carbocycles. The second kappa shape index (κ2) is 4.32. The van der Waals surface area contributed by atoms with E-state index in [1.807, 2.05) is 0 Å². The van der Waals surface area contributed by atoms with Gasteiger partial charge in [-0.25, -0.2) is 0 Å². The third-order valence-electron chi connectivity index (χ3n) is 1.50. The molecule has 0 aromatic carbocycles. The number of hydrogen-bond acceptors (Lipinski definition) is 1. The van der Waals surface area contributed by atoms with Gasteiger partial charge in [0, 0.05) is 0 Å². The Bertz CT molecular complexity index is 242. The summed E-state index contributed by atoms with van der Waals surface area (Å²) in [5.74, 6) is 2.87. The lowest BCUT2D eigenvalue weighted by Gasteiger charge is -2.20. The molecule has 0 rings (SSSR count). The van der Waals surface area contributed by atoms with Crippen molar-refractivity contribution in [3.8, 4) is 11.5 Å². The Morgan fingerprint density at radius 1 is 1.54 bits per heavy atom. The van der Waals surface area contributed by atoms with Crippen LogP contribution >= 0.6 is 11.6 Å². The molecule has 0 aromatic heterocycles. The van der Waals surface area contributed by atoms with Gasteiger partial charge >= 0.3 is 0 Å². The van der Waals surface area contributed by atoms with Crippen molar-refractivity contribution in [2.45, 2.75) is 37.5 Å². The van der Waals surface area contributed by atoms with Crippen molar-refractivity contribution in [3.05, 3.63) is 12.7 Å². The number of hydrogen-bond donors (Lipinski definition) is 1. The number of rotatable bonds is 2. The highest BCUT2D eigenvalue weighted by atomic mass is 35.5. The first-order valence-electron chi connectivity index (χ1n) is 4.22. The van der Waals surface area contributed by atoms with Crippen LogP contribution in [0.4, 0.5) is 0 Å². The largest absolute Gasteiger partial charge is 0.384 e. The highest BCUT2D eigenvalue weighted by molar-refractivity contribution is 6.83. The minimum Gasteiger partial charge on any atom is -0.384 e. The van der Waals surface area contributed by atoms with Crippen LogP contribution in [0.3, 0.4) is 0 Å². The van der Waals surface area contributed by atoms with Gasteiger partial charge in [-0.1, -0.05) is 31.6 Å². The molecule has 0 aliphatic heterocycles. The van der Waals surface area contributed by atoms with E-state index in [1.54, 1.807) is 6.92 Å². The molecule has 74 valence electrons. The highest BCUT2D eigenvalue weighted by Gasteiger charge is 2.25. The maximum absolute atomic E-state index is 9.65. The maximum atomic E-state index is 9.65. The third-order valence-corrected chi connectivity index (χ3v) is 2.95. The van der Waals surface area contributed by atoms with Crippen molar-refractivity contribution < 1.29 is 5.11 Å². The van der Waals surface area contributed by atoms with E-state index in [-0.39, 0.29) is 0 Å². The van der Waals surface area contributed by atoms with Crippen molar-refractivity contribution in [1.82, 2.24) is 0 Å². The fourth-order valence-corrected chi connectivity index (χ4v) is 1.34. The lowest BCUT2D eigenvalue weighted by Crippen LogP contribution is -2.32. The number of halogens is 1. The molecule has 0 aliphatic rings. The summed E-state index contributed by atoms with van der Waals surface area (Å²) in [7, 11) is -1.40. The highest BCUT2D eigenvalue weighted by Crippen LogP contribution is 2.16. The zero-order valence-corrected chi connectivity index (χ0v) is 10.4. The summed E-state index contributed by atoms with van der Waals surface area (Å²) in [6.45, 7) is 11.5. The molecule has 1 N–H and O–H groups in total. The molecule has 0 heterocycles. The minimum atomic E-state index is -1.40. The zero-order chi connectivity index (χ0) is 10.7. The van der Waals surface area contributed by atoms with E-state index < -0.39 is 19.1 Å². The second-order valence-corrected chi connectivity index (χ2v) is 9.50. The standard InChI is InChI=1S/C10H17ClOSi/c1-6-10(2,12)9(11)7-8-13(3,4)5/h6,9,12H,1H2,2-5H3/t9-,10-/m0/s1. The topological polar surface area (TPSA) is 20.2 Å². The molecule has 0 fully saturated rings. The summed E-state index contributed by atoms with van der Waals surface area (Å²) in [4.78, 5) is 0. The zero-order valence-electron chi connectivity index (χ0n) is 8.69. The first-order chi connectivity index (χ1) is 5.69. The Morgan fingerprint density at radius 2 is 2.00 bits per heavy atom. The van der Waals surface area contributed by atoms with Crippen LogP contribution in [0.5, 0.6) is 0 Å². The lowest BCUT2D eigenvalue weighted by molar-refractivity contribution is 0.121. The minimum absolute atomic E-state index is 0.572. The molecule has 0 aliphatic carbocycles. The van der Waals surface area contributed by atoms with Crippen LogP contribution in [0.25, 0.3) is 0 Å². The van der Waals surface area contributed by atoms with Gasteiger partial charge in [-0.05, 0) is 6.92 Å². The summed E-state index contributed by atoms with van der Waals surface area (Å²) >= 11 is 5.91. The predicted octanol–water partition coefficient (Wildman–Crippen LogP) is 2.41. The Labute approximate surface area is 86.8 Å². The van der Waals surface area contributed by atoms with Gasteiger partial charge in [0.25, 0.3) is 0 Å². The van der Waals surface area contributed by atoms with Crippen LogP contribution in [0.1, 0.15) is 6.92 Å². The number of alkyl halides is 1. The molecule has 0 radical (unpaired) electrons. The lowest BCUT2D eigenvalue weighted by atomic mass is 10.0. The van der Waals surface area contributed by atoms with E-state index in [2.05, 4.69) is 37.7 Å². The van der Waals surface area contributed by atoms with Crippen molar-refractivity contribution in [3.63, 3.8) is 0 Å². The molecule has 0 saturated heterocycles. The SMILES string of the molecule is C=C[C@](C)(O)[C@@H](Cl)C#C[Si](C)(C)C. The monoisotopic (exact) mass is 216 g/mol. The quantitative estimate of drug-likeness (QED) is 0.325. The maximum Gasteiger partial charge on any atom is 0.129 e. The van der Waals surface area contributed by atoms with Crippen LogP contribution < -0.4 is 0 Å². The summed E-state index contributed by atoms with van der Waals surface area (Å²) in [5.41, 5.74) is 2.01. The van der Waals surface area contributed by atoms with Gasteiger partial charge in [0.15, 0.2) is 0 Å². The fraction of sp³-hybridized carbons (Fsp3) is 0.600. The Balaban J connectivity index is 4.53. The molecule has 0 aromatic rings. The first-order valence-corrected chi connectivity index (χ1v) is 8.15. The van der Waals surface area contributed by atoms with Gasteiger partial charge < -0.3 is 5.11 Å². The smallest absolute Gasteiger partial charge is 0.129 e. The summed E-state index contributed by atoms with van der Waals surface area (Å²) in [5, 5.41) is 9.08. The van der Waals surface area contributed by atoms with Gasteiger partial charge in [-0.2, -0.15) is 0 Å². The predicted molar refractivity (Wildman–Crippen MR) is 61.6 cm³/mol. The molecule has 3 heteroatoms. The Hall–Kier alpha value is -0.233. The molecule has 1 nitrogen and oxygen atoms in total. The average molecular weight is 217 g/mol. The van der Waals surface area contributed by atoms with Crippen molar-refractivity contribution >= 4 is 19.7 Å². The van der Waals surface area contributed by atoms with Gasteiger partial charge in [0.1, 0.15) is 19.1 Å². The van der Waals surface area contributed by atoms with Gasteiger partial charge in [-0.3, -0.25) is 0 Å². The van der Waals surface area contributed by atoms with Crippen LogP contribution in [-0.4, -0.2) is 24.2 Å². The molecule has 0 amide bonds. The molecule has 2 atom stereocenters. The molecule has 13 heavy (non-hydrogen) atoms. The summed E-state index contributed by atoms with van der Waals surface area (Å²) in [6, 6.07) is 0. The van der Waals surface area contributed by atoms with Crippen molar-refractivity contribution in [2.75, 3.05) is 0 Å². The third kappa shape index (κ3) is 5.15.